The smallest absolute Gasteiger partial charge is 0.283 e. The van der Waals surface area contributed by atoms with E-state index in [2.05, 4.69) is 0 Å². The zero-order valence-corrected chi connectivity index (χ0v) is 17.6. The third-order valence-electron chi connectivity index (χ3n) is 2.04. The standard InChI is InChI=1S/C13H16O4S6/c1-4-16-18-12(14)22-20-10-6-7-11(9(3)8-10)21-23-13(15)19-17-5-2/h6-8H,4-5H2,1-3H3. The van der Waals surface area contributed by atoms with Crippen LogP contribution in [-0.2, 0) is 8.37 Å². The topological polar surface area (TPSA) is 52.6 Å². The Hall–Kier alpha value is 0.580. The highest BCUT2D eigenvalue weighted by Gasteiger charge is 2.10. The Kier molecular flexibility index (Phi) is 12.1. The van der Waals surface area contributed by atoms with Crippen molar-refractivity contribution in [1.82, 2.24) is 0 Å². The summed E-state index contributed by atoms with van der Waals surface area (Å²) in [6.45, 7) is 6.67. The summed E-state index contributed by atoms with van der Waals surface area (Å²) in [5.74, 6) is 0. The molecule has 10 heteroatoms. The molecule has 0 aliphatic rings. The van der Waals surface area contributed by atoms with Crippen molar-refractivity contribution >= 4 is 76.2 Å². The number of carbonyl (C=O) groups excluding carboxylic acids is 2. The van der Waals surface area contributed by atoms with Gasteiger partial charge in [0.15, 0.2) is 0 Å². The maximum atomic E-state index is 11.5. The molecule has 0 amide bonds. The van der Waals surface area contributed by atoms with Crippen LogP contribution in [0.3, 0.4) is 0 Å². The Bertz CT molecular complexity index is 525. The lowest BCUT2D eigenvalue weighted by molar-refractivity contribution is 0.274. The van der Waals surface area contributed by atoms with E-state index >= 15 is 0 Å². The van der Waals surface area contributed by atoms with Crippen LogP contribution in [0, 0.1) is 6.92 Å². The quantitative estimate of drug-likeness (QED) is 0.317. The van der Waals surface area contributed by atoms with E-state index in [0.717, 1.165) is 61.0 Å². The van der Waals surface area contributed by atoms with E-state index < -0.39 is 0 Å². The van der Waals surface area contributed by atoms with E-state index in [1.807, 2.05) is 39.0 Å². The first-order chi connectivity index (χ1) is 11.1. The fourth-order valence-corrected chi connectivity index (χ4v) is 6.04. The van der Waals surface area contributed by atoms with E-state index in [0.29, 0.717) is 13.2 Å². The van der Waals surface area contributed by atoms with Gasteiger partial charge in [-0.15, -0.1) is 0 Å². The molecule has 0 N–H and O–H groups in total. The molecule has 128 valence electrons. The second-order valence-corrected chi connectivity index (χ2v) is 10.1. The molecule has 0 aliphatic heterocycles. The first-order valence-electron chi connectivity index (χ1n) is 6.53. The van der Waals surface area contributed by atoms with Crippen LogP contribution in [-0.4, -0.2) is 22.1 Å². The highest BCUT2D eigenvalue weighted by atomic mass is 33.1. The van der Waals surface area contributed by atoms with Gasteiger partial charge in [0.1, 0.15) is 0 Å². The molecule has 4 nitrogen and oxygen atoms in total. The van der Waals surface area contributed by atoms with E-state index in [-0.39, 0.29) is 8.89 Å². The van der Waals surface area contributed by atoms with E-state index in [1.165, 1.54) is 21.6 Å². The summed E-state index contributed by atoms with van der Waals surface area (Å²) in [5, 5.41) is 0. The van der Waals surface area contributed by atoms with Crippen LogP contribution in [0.25, 0.3) is 0 Å². The van der Waals surface area contributed by atoms with Crippen molar-refractivity contribution in [2.75, 3.05) is 13.2 Å². The lowest BCUT2D eigenvalue weighted by atomic mass is 10.2. The summed E-state index contributed by atoms with van der Waals surface area (Å²) in [7, 11) is 5.09. The average Bonchev–Trinajstić information content (AvgIpc) is 2.55. The van der Waals surface area contributed by atoms with Gasteiger partial charge in [0.2, 0.25) is 0 Å². The molecule has 0 aliphatic carbocycles. The normalized spacial score (nSPS) is 10.7. The summed E-state index contributed by atoms with van der Waals surface area (Å²) in [6.07, 6.45) is 0. The number of carbonyl (C=O) groups is 2. The van der Waals surface area contributed by atoms with Gasteiger partial charge in [0, 0.05) is 31.4 Å². The van der Waals surface area contributed by atoms with Crippen molar-refractivity contribution in [2.45, 2.75) is 30.6 Å². The average molecular weight is 429 g/mol. The first kappa shape index (κ1) is 21.6. The summed E-state index contributed by atoms with van der Waals surface area (Å²) in [5.41, 5.74) is 1.06. The van der Waals surface area contributed by atoms with Crippen LogP contribution < -0.4 is 0 Å². The predicted octanol–water partition coefficient (Wildman–Crippen LogP) is 7.09. The van der Waals surface area contributed by atoms with Crippen LogP contribution in [0.4, 0.5) is 9.59 Å². The van der Waals surface area contributed by atoms with Gasteiger partial charge < -0.3 is 8.37 Å². The Balaban J connectivity index is 2.44. The molecule has 1 rings (SSSR count). The Morgan fingerprint density at radius 1 is 0.957 bits per heavy atom. The molecule has 0 radical (unpaired) electrons. The number of hydrogen-bond acceptors (Lipinski definition) is 10. The molecular formula is C13H16O4S6. The maximum absolute atomic E-state index is 11.5. The van der Waals surface area contributed by atoms with E-state index in [9.17, 15) is 9.59 Å². The maximum Gasteiger partial charge on any atom is 0.283 e. The van der Waals surface area contributed by atoms with Crippen molar-refractivity contribution in [3.63, 3.8) is 0 Å². The SMILES string of the molecule is CCOSC(=O)SSc1ccc(SSC(=O)SOCC)c(C)c1. The van der Waals surface area contributed by atoms with Crippen molar-refractivity contribution in [2.24, 2.45) is 0 Å². The molecule has 0 bridgehead atoms. The molecule has 0 heterocycles. The van der Waals surface area contributed by atoms with Gasteiger partial charge in [0.25, 0.3) is 8.89 Å². The van der Waals surface area contributed by atoms with Crippen LogP contribution in [0.15, 0.2) is 28.0 Å². The second kappa shape index (κ2) is 12.9. The monoisotopic (exact) mass is 428 g/mol. The summed E-state index contributed by atoms with van der Waals surface area (Å²) in [6, 6.07) is 5.89. The molecule has 1 aromatic carbocycles. The van der Waals surface area contributed by atoms with E-state index in [4.69, 9.17) is 8.37 Å². The molecule has 0 saturated carbocycles. The Labute approximate surface area is 160 Å². The number of benzene rings is 1. The molecule has 1 aromatic rings. The first-order valence-corrected chi connectivity index (χ1v) is 12.3. The van der Waals surface area contributed by atoms with Crippen LogP contribution >= 0.6 is 67.3 Å². The molecule has 0 fully saturated rings. The number of hydrogen-bond donors (Lipinski definition) is 0. The van der Waals surface area contributed by atoms with Crippen molar-refractivity contribution < 1.29 is 18.0 Å². The molecular weight excluding hydrogens is 413 g/mol. The molecule has 0 saturated heterocycles. The molecule has 0 spiro atoms. The summed E-state index contributed by atoms with van der Waals surface area (Å²) in [4.78, 5) is 25.1. The zero-order valence-electron chi connectivity index (χ0n) is 12.7. The Morgan fingerprint density at radius 3 is 2.04 bits per heavy atom. The van der Waals surface area contributed by atoms with Crippen molar-refractivity contribution in [3.05, 3.63) is 23.8 Å². The van der Waals surface area contributed by atoms with Crippen LogP contribution in [0.5, 0.6) is 0 Å². The van der Waals surface area contributed by atoms with Crippen molar-refractivity contribution in [1.29, 1.82) is 0 Å². The van der Waals surface area contributed by atoms with E-state index in [1.54, 1.807) is 0 Å². The van der Waals surface area contributed by atoms with Gasteiger partial charge in [-0.05, 0) is 66.1 Å². The molecule has 0 aromatic heterocycles. The minimum Gasteiger partial charge on any atom is -0.308 e. The molecule has 23 heavy (non-hydrogen) atoms. The third kappa shape index (κ3) is 9.59. The van der Waals surface area contributed by atoms with Gasteiger partial charge >= 0.3 is 0 Å². The highest BCUT2D eigenvalue weighted by molar-refractivity contribution is 8.86. The fraction of sp³-hybridized carbons (Fsp3) is 0.385. The predicted molar refractivity (Wildman–Crippen MR) is 107 cm³/mol. The van der Waals surface area contributed by atoms with Gasteiger partial charge in [0.05, 0.1) is 37.3 Å². The van der Waals surface area contributed by atoms with Gasteiger partial charge in [-0.25, -0.2) is 0 Å². The second-order valence-electron chi connectivity index (χ2n) is 3.74. The van der Waals surface area contributed by atoms with Crippen LogP contribution in [0.1, 0.15) is 19.4 Å². The molecule has 0 atom stereocenters. The highest BCUT2D eigenvalue weighted by Crippen LogP contribution is 2.41. The van der Waals surface area contributed by atoms with Gasteiger partial charge in [-0.3, -0.25) is 9.59 Å². The van der Waals surface area contributed by atoms with Crippen LogP contribution in [0.2, 0.25) is 0 Å². The largest absolute Gasteiger partial charge is 0.308 e. The third-order valence-corrected chi connectivity index (χ3v) is 8.61. The van der Waals surface area contributed by atoms with Gasteiger partial charge in [-0.2, -0.15) is 0 Å². The number of rotatable bonds is 8. The molecule has 0 unspecified atom stereocenters. The lowest BCUT2D eigenvalue weighted by Gasteiger charge is -2.06. The summed E-state index contributed by atoms with van der Waals surface area (Å²) < 4.78 is 9.83. The van der Waals surface area contributed by atoms with Crippen molar-refractivity contribution in [3.8, 4) is 0 Å². The lowest BCUT2D eigenvalue weighted by Crippen LogP contribution is -1.85. The Morgan fingerprint density at radius 2 is 1.52 bits per heavy atom. The fourth-order valence-electron chi connectivity index (χ4n) is 1.17. The minimum atomic E-state index is -0.0814. The number of aryl methyl sites for hydroxylation is 1. The summed E-state index contributed by atoms with van der Waals surface area (Å²) >= 11 is 1.73. The zero-order chi connectivity index (χ0) is 17.1. The van der Waals surface area contributed by atoms with Gasteiger partial charge in [-0.1, -0.05) is 0 Å². The minimum absolute atomic E-state index is 0.0798.